The molecule has 4 aliphatic rings. The van der Waals surface area contributed by atoms with E-state index >= 15 is 0 Å². The highest BCUT2D eigenvalue weighted by Crippen LogP contribution is 2.55. The van der Waals surface area contributed by atoms with Crippen LogP contribution in [0.4, 0.5) is 0 Å². The van der Waals surface area contributed by atoms with E-state index in [0.717, 1.165) is 44.7 Å². The number of benzene rings is 1. The second kappa shape index (κ2) is 5.68. The first kappa shape index (κ1) is 15.9. The number of nitrogens with one attached hydrogen (secondary N) is 2. The predicted octanol–water partition coefficient (Wildman–Crippen LogP) is 4.99. The maximum Gasteiger partial charge on any atom is 0.252 e. The van der Waals surface area contributed by atoms with E-state index < -0.39 is 0 Å². The van der Waals surface area contributed by atoms with Gasteiger partial charge in [0.05, 0.1) is 10.4 Å². The second-order valence-corrected chi connectivity index (χ2v) is 9.87. The van der Waals surface area contributed by atoms with Gasteiger partial charge in [-0.3, -0.25) is 9.78 Å². The summed E-state index contributed by atoms with van der Waals surface area (Å²) < 4.78 is 0. The minimum atomic E-state index is 0.0367. The molecule has 4 saturated carbocycles. The highest BCUT2D eigenvalue weighted by Gasteiger charge is 2.51. The van der Waals surface area contributed by atoms with E-state index in [1.165, 1.54) is 38.5 Å². The van der Waals surface area contributed by atoms with E-state index in [0.29, 0.717) is 0 Å². The number of carbonyl (C=O) groups excluding carboxylic acids is 1. The van der Waals surface area contributed by atoms with Crippen LogP contribution in [-0.4, -0.2) is 21.4 Å². The number of aromatic nitrogens is 2. The maximum atomic E-state index is 13.4. The molecule has 4 bridgehead atoms. The summed E-state index contributed by atoms with van der Waals surface area (Å²) in [6.07, 6.45) is 11.5. The van der Waals surface area contributed by atoms with Gasteiger partial charge < -0.3 is 10.3 Å². The number of rotatable bonds is 3. The van der Waals surface area contributed by atoms with Crippen LogP contribution < -0.4 is 5.32 Å². The van der Waals surface area contributed by atoms with Crippen molar-refractivity contribution in [2.24, 2.45) is 17.8 Å². The lowest BCUT2D eigenvalue weighted by molar-refractivity contribution is -0.0166. The first-order valence-electron chi connectivity index (χ1n) is 10.00. The van der Waals surface area contributed by atoms with Gasteiger partial charge in [-0.05, 0) is 80.0 Å². The van der Waals surface area contributed by atoms with Crippen molar-refractivity contribution in [3.05, 3.63) is 41.7 Å². The van der Waals surface area contributed by atoms with Crippen LogP contribution in [0.3, 0.4) is 0 Å². The molecule has 2 heterocycles. The lowest BCUT2D eigenvalue weighted by atomic mass is 9.53. The van der Waals surface area contributed by atoms with E-state index in [-0.39, 0.29) is 11.4 Å². The molecular formula is C22H23N3OS. The van der Waals surface area contributed by atoms with E-state index in [4.69, 9.17) is 0 Å². The molecule has 0 spiro atoms. The fraction of sp³-hybridized carbons (Fsp3) is 0.455. The van der Waals surface area contributed by atoms with Gasteiger partial charge in [0.25, 0.3) is 5.91 Å². The lowest BCUT2D eigenvalue weighted by Gasteiger charge is -2.56. The Kier molecular flexibility index (Phi) is 3.34. The Labute approximate surface area is 162 Å². The number of hydrogen-bond acceptors (Lipinski definition) is 3. The molecule has 0 saturated heterocycles. The Hall–Kier alpha value is -2.14. The van der Waals surface area contributed by atoms with Crippen molar-refractivity contribution in [3.63, 3.8) is 0 Å². The first-order valence-corrected chi connectivity index (χ1v) is 10.9. The van der Waals surface area contributed by atoms with Crippen molar-refractivity contribution in [2.75, 3.05) is 0 Å². The molecule has 138 valence electrons. The quantitative estimate of drug-likeness (QED) is 0.675. The molecule has 0 unspecified atom stereocenters. The summed E-state index contributed by atoms with van der Waals surface area (Å²) in [5, 5.41) is 4.54. The number of thiazole rings is 1. The molecule has 1 aromatic carbocycles. The molecule has 1 amide bonds. The number of nitrogens with zero attached hydrogens (tertiary/aromatic N) is 1. The van der Waals surface area contributed by atoms with Crippen LogP contribution in [0.15, 0.2) is 36.1 Å². The van der Waals surface area contributed by atoms with Gasteiger partial charge in [0.15, 0.2) is 0 Å². The van der Waals surface area contributed by atoms with Crippen molar-refractivity contribution in [1.82, 2.24) is 15.3 Å². The van der Waals surface area contributed by atoms with Crippen molar-refractivity contribution < 1.29 is 4.79 Å². The summed E-state index contributed by atoms with van der Waals surface area (Å²) >= 11 is 1.61. The Morgan fingerprint density at radius 2 is 1.89 bits per heavy atom. The summed E-state index contributed by atoms with van der Waals surface area (Å²) in [7, 11) is 0. The molecule has 7 rings (SSSR count). The Morgan fingerprint density at radius 3 is 2.56 bits per heavy atom. The minimum Gasteiger partial charge on any atom is -0.361 e. The third kappa shape index (κ3) is 2.55. The third-order valence-corrected chi connectivity index (χ3v) is 7.87. The fourth-order valence-corrected chi connectivity index (χ4v) is 7.04. The number of H-pyrrole nitrogens is 1. The summed E-state index contributed by atoms with van der Waals surface area (Å²) in [5.41, 5.74) is 4.73. The zero-order valence-corrected chi connectivity index (χ0v) is 16.0. The molecule has 0 atom stereocenters. The van der Waals surface area contributed by atoms with Gasteiger partial charge in [-0.25, -0.2) is 0 Å². The van der Waals surface area contributed by atoms with Gasteiger partial charge in [0.1, 0.15) is 0 Å². The molecule has 0 radical (unpaired) electrons. The molecular weight excluding hydrogens is 354 g/mol. The molecule has 4 aliphatic carbocycles. The van der Waals surface area contributed by atoms with Crippen molar-refractivity contribution >= 4 is 28.1 Å². The second-order valence-electron chi connectivity index (χ2n) is 8.98. The molecule has 4 fully saturated rings. The van der Waals surface area contributed by atoms with Crippen LogP contribution in [0.25, 0.3) is 21.3 Å². The van der Waals surface area contributed by atoms with Gasteiger partial charge in [-0.15, -0.1) is 11.3 Å². The number of carbonyl (C=O) groups is 1. The average Bonchev–Trinajstić information content (AvgIpc) is 3.30. The van der Waals surface area contributed by atoms with E-state index in [2.05, 4.69) is 21.4 Å². The van der Waals surface area contributed by atoms with Crippen molar-refractivity contribution in [1.29, 1.82) is 0 Å². The Balaban J connectivity index is 1.37. The van der Waals surface area contributed by atoms with E-state index in [1.54, 1.807) is 11.3 Å². The van der Waals surface area contributed by atoms with Gasteiger partial charge in [-0.2, -0.15) is 0 Å². The molecule has 2 N–H and O–H groups in total. The fourth-order valence-electron chi connectivity index (χ4n) is 6.43. The number of amides is 1. The summed E-state index contributed by atoms with van der Waals surface area (Å²) in [5.74, 6) is 2.57. The normalized spacial score (nSPS) is 31.5. The maximum absolute atomic E-state index is 13.4. The SMILES string of the molecule is O=C(NC12CC3CC(CC(C3)C1)C2)c1cc(-c2cncs2)cc2[nH]ccc12. The van der Waals surface area contributed by atoms with Crippen LogP contribution in [0.2, 0.25) is 0 Å². The largest absolute Gasteiger partial charge is 0.361 e. The summed E-state index contributed by atoms with van der Waals surface area (Å²) in [6.45, 7) is 0. The first-order chi connectivity index (χ1) is 13.2. The summed E-state index contributed by atoms with van der Waals surface area (Å²) in [6, 6.07) is 6.17. The van der Waals surface area contributed by atoms with Crippen LogP contribution >= 0.6 is 11.3 Å². The molecule has 0 aliphatic heterocycles. The van der Waals surface area contributed by atoms with Crippen LogP contribution in [0.5, 0.6) is 0 Å². The van der Waals surface area contributed by atoms with Gasteiger partial charge >= 0.3 is 0 Å². The highest BCUT2D eigenvalue weighted by atomic mass is 32.1. The lowest BCUT2D eigenvalue weighted by Crippen LogP contribution is -2.59. The zero-order chi connectivity index (χ0) is 18.0. The van der Waals surface area contributed by atoms with Gasteiger partial charge in [-0.1, -0.05) is 0 Å². The van der Waals surface area contributed by atoms with E-state index in [1.807, 2.05) is 30.0 Å². The predicted molar refractivity (Wildman–Crippen MR) is 108 cm³/mol. The molecule has 3 aromatic rings. The topological polar surface area (TPSA) is 57.8 Å². The van der Waals surface area contributed by atoms with Crippen LogP contribution in [0.1, 0.15) is 48.9 Å². The highest BCUT2D eigenvalue weighted by molar-refractivity contribution is 7.13. The van der Waals surface area contributed by atoms with Gasteiger partial charge in [0.2, 0.25) is 0 Å². The Bertz CT molecular complexity index is 984. The minimum absolute atomic E-state index is 0.0367. The third-order valence-electron chi connectivity index (χ3n) is 7.05. The smallest absolute Gasteiger partial charge is 0.252 e. The molecule has 4 nitrogen and oxygen atoms in total. The standard InChI is InChI=1S/C22H23N3OS/c26-21(25-22-8-13-3-14(9-22)5-15(4-13)10-22)18-6-16(20-11-23-12-27-20)7-19-17(18)1-2-24-19/h1-2,6-7,11-15,24H,3-5,8-10H2,(H,25,26). The van der Waals surface area contributed by atoms with Crippen molar-refractivity contribution in [2.45, 2.75) is 44.1 Å². The van der Waals surface area contributed by atoms with E-state index in [9.17, 15) is 4.79 Å². The average molecular weight is 378 g/mol. The van der Waals surface area contributed by atoms with Crippen LogP contribution in [-0.2, 0) is 0 Å². The molecule has 27 heavy (non-hydrogen) atoms. The number of aromatic amines is 1. The Morgan fingerprint density at radius 1 is 1.15 bits per heavy atom. The van der Waals surface area contributed by atoms with Gasteiger partial charge in [0, 0.05) is 34.4 Å². The van der Waals surface area contributed by atoms with Crippen LogP contribution in [0, 0.1) is 17.8 Å². The molecule has 2 aromatic heterocycles. The molecule has 5 heteroatoms. The summed E-state index contributed by atoms with van der Waals surface area (Å²) in [4.78, 5) is 22.0. The number of fused-ring (bicyclic) bond motifs is 1. The number of hydrogen-bond donors (Lipinski definition) is 2. The van der Waals surface area contributed by atoms with Crippen molar-refractivity contribution in [3.8, 4) is 10.4 Å². The monoisotopic (exact) mass is 377 g/mol. The zero-order valence-electron chi connectivity index (χ0n) is 15.2.